The van der Waals surface area contributed by atoms with Crippen LogP contribution < -0.4 is 10.6 Å². The van der Waals surface area contributed by atoms with Gasteiger partial charge in [0.1, 0.15) is 4.88 Å². The molecule has 0 aromatic carbocycles. The van der Waals surface area contributed by atoms with Gasteiger partial charge in [-0.05, 0) is 19.4 Å². The third-order valence-electron chi connectivity index (χ3n) is 3.61. The zero-order chi connectivity index (χ0) is 16.3. The lowest BCUT2D eigenvalue weighted by atomic mass is 9.91. The Morgan fingerprint density at radius 3 is 2.68 bits per heavy atom. The van der Waals surface area contributed by atoms with E-state index >= 15 is 0 Å². The van der Waals surface area contributed by atoms with Crippen LogP contribution in [0.4, 0.5) is 5.13 Å². The van der Waals surface area contributed by atoms with Crippen LogP contribution in [0.2, 0.25) is 0 Å². The number of esters is 1. The first-order valence-corrected chi connectivity index (χ1v) is 8.25. The molecule has 1 fully saturated rings. The smallest absolute Gasteiger partial charge is 0.350 e. The highest BCUT2D eigenvalue weighted by atomic mass is 32.1. The number of anilines is 1. The van der Waals surface area contributed by atoms with E-state index in [-0.39, 0.29) is 17.2 Å². The molecule has 7 heteroatoms. The van der Waals surface area contributed by atoms with Gasteiger partial charge in [-0.15, -0.1) is 0 Å². The van der Waals surface area contributed by atoms with Gasteiger partial charge in [0, 0.05) is 12.0 Å². The summed E-state index contributed by atoms with van der Waals surface area (Å²) in [6, 6.07) is 0. The molecule has 1 unspecified atom stereocenters. The Labute approximate surface area is 134 Å². The number of nitrogens with zero attached hydrogens (tertiary/aromatic N) is 1. The average Bonchev–Trinajstić information content (AvgIpc) is 2.91. The molecule has 1 saturated heterocycles. The lowest BCUT2D eigenvalue weighted by Crippen LogP contribution is -2.37. The molecule has 2 rings (SSSR count). The predicted octanol–water partition coefficient (Wildman–Crippen LogP) is 2.17. The van der Waals surface area contributed by atoms with E-state index in [1.54, 1.807) is 0 Å². The quantitative estimate of drug-likeness (QED) is 0.833. The van der Waals surface area contributed by atoms with E-state index in [0.717, 1.165) is 19.4 Å². The average molecular weight is 325 g/mol. The monoisotopic (exact) mass is 325 g/mol. The van der Waals surface area contributed by atoms with E-state index in [1.165, 1.54) is 18.4 Å². The highest BCUT2D eigenvalue weighted by Gasteiger charge is 2.29. The van der Waals surface area contributed by atoms with Crippen LogP contribution in [0.5, 0.6) is 0 Å². The maximum absolute atomic E-state index is 12.3. The number of rotatable bonds is 3. The highest BCUT2D eigenvalue weighted by Crippen LogP contribution is 2.32. The largest absolute Gasteiger partial charge is 0.465 e. The Morgan fingerprint density at radius 1 is 1.41 bits per heavy atom. The van der Waals surface area contributed by atoms with E-state index < -0.39 is 5.97 Å². The summed E-state index contributed by atoms with van der Waals surface area (Å²) in [5, 5.41) is 6.52. The van der Waals surface area contributed by atoms with Crippen molar-refractivity contribution in [2.24, 2.45) is 5.92 Å². The number of hydrogen-bond acceptors (Lipinski definition) is 6. The number of piperidine rings is 1. The van der Waals surface area contributed by atoms with Gasteiger partial charge in [-0.1, -0.05) is 32.1 Å². The zero-order valence-electron chi connectivity index (χ0n) is 13.5. The predicted molar refractivity (Wildman–Crippen MR) is 86.4 cm³/mol. The molecule has 1 aromatic rings. The Morgan fingerprint density at radius 2 is 2.14 bits per heavy atom. The van der Waals surface area contributed by atoms with Gasteiger partial charge in [-0.2, -0.15) is 0 Å². The molecule has 122 valence electrons. The molecule has 2 heterocycles. The van der Waals surface area contributed by atoms with Crippen LogP contribution in [0.25, 0.3) is 0 Å². The fraction of sp³-hybridized carbons (Fsp3) is 0.667. The van der Waals surface area contributed by atoms with Gasteiger partial charge in [0.2, 0.25) is 5.91 Å². The van der Waals surface area contributed by atoms with Crippen molar-refractivity contribution in [2.75, 3.05) is 25.5 Å². The third kappa shape index (κ3) is 3.84. The van der Waals surface area contributed by atoms with E-state index in [2.05, 4.69) is 15.6 Å². The first-order chi connectivity index (χ1) is 10.3. The van der Waals surface area contributed by atoms with Gasteiger partial charge < -0.3 is 15.4 Å². The molecular formula is C15H23N3O3S. The van der Waals surface area contributed by atoms with Crippen molar-refractivity contribution < 1.29 is 14.3 Å². The molecule has 1 atom stereocenters. The molecule has 1 aliphatic rings. The van der Waals surface area contributed by atoms with Crippen LogP contribution in [-0.2, 0) is 14.9 Å². The highest BCUT2D eigenvalue weighted by molar-refractivity contribution is 7.17. The summed E-state index contributed by atoms with van der Waals surface area (Å²) in [6.45, 7) is 7.58. The number of aromatic nitrogens is 1. The molecule has 2 N–H and O–H groups in total. The zero-order valence-corrected chi connectivity index (χ0v) is 14.3. The molecular weight excluding hydrogens is 302 g/mol. The number of hydrogen-bond donors (Lipinski definition) is 2. The second-order valence-corrected chi connectivity index (χ2v) is 7.47. The van der Waals surface area contributed by atoms with Crippen molar-refractivity contribution in [3.63, 3.8) is 0 Å². The van der Waals surface area contributed by atoms with Crippen molar-refractivity contribution in [2.45, 2.75) is 39.0 Å². The van der Waals surface area contributed by atoms with Crippen LogP contribution in [-0.4, -0.2) is 37.1 Å². The van der Waals surface area contributed by atoms with Crippen LogP contribution in [0, 0.1) is 5.92 Å². The topological polar surface area (TPSA) is 80.3 Å². The normalized spacial score (nSPS) is 18.8. The Hall–Kier alpha value is -1.47. The van der Waals surface area contributed by atoms with E-state index in [4.69, 9.17) is 4.74 Å². The first-order valence-electron chi connectivity index (χ1n) is 7.44. The molecule has 0 spiro atoms. The van der Waals surface area contributed by atoms with E-state index in [0.29, 0.717) is 22.2 Å². The van der Waals surface area contributed by atoms with Crippen molar-refractivity contribution in [1.82, 2.24) is 10.3 Å². The molecule has 6 nitrogen and oxygen atoms in total. The molecule has 0 aliphatic carbocycles. The molecule has 0 radical (unpaired) electrons. The Kier molecular flexibility index (Phi) is 5.18. The summed E-state index contributed by atoms with van der Waals surface area (Å²) in [7, 11) is 1.35. The SMILES string of the molecule is COC(=O)c1sc(NC(=O)C2CCCNC2)nc1C(C)(C)C. The maximum atomic E-state index is 12.3. The second kappa shape index (κ2) is 6.75. The summed E-state index contributed by atoms with van der Waals surface area (Å²) in [5.74, 6) is -0.502. The van der Waals surface area contributed by atoms with Crippen molar-refractivity contribution in [1.29, 1.82) is 0 Å². The van der Waals surface area contributed by atoms with E-state index in [9.17, 15) is 9.59 Å². The third-order valence-corrected chi connectivity index (χ3v) is 4.56. The van der Waals surface area contributed by atoms with Crippen LogP contribution >= 0.6 is 11.3 Å². The number of thiazole rings is 1. The van der Waals surface area contributed by atoms with Gasteiger partial charge in [-0.25, -0.2) is 9.78 Å². The van der Waals surface area contributed by atoms with Gasteiger partial charge in [0.05, 0.1) is 18.7 Å². The number of ether oxygens (including phenoxy) is 1. The van der Waals surface area contributed by atoms with Gasteiger partial charge in [0.15, 0.2) is 5.13 Å². The first kappa shape index (κ1) is 16.9. The molecule has 22 heavy (non-hydrogen) atoms. The number of carbonyl (C=O) groups excluding carboxylic acids is 2. The summed E-state index contributed by atoms with van der Waals surface area (Å²) in [4.78, 5) is 29.1. The van der Waals surface area contributed by atoms with Crippen LogP contribution in [0.1, 0.15) is 49.0 Å². The molecule has 0 saturated carbocycles. The van der Waals surface area contributed by atoms with Gasteiger partial charge in [0.25, 0.3) is 0 Å². The van der Waals surface area contributed by atoms with Crippen molar-refractivity contribution in [3.05, 3.63) is 10.6 Å². The van der Waals surface area contributed by atoms with Crippen molar-refractivity contribution >= 4 is 28.3 Å². The fourth-order valence-corrected chi connectivity index (χ4v) is 3.49. The van der Waals surface area contributed by atoms with Crippen LogP contribution in [0.3, 0.4) is 0 Å². The maximum Gasteiger partial charge on any atom is 0.350 e. The van der Waals surface area contributed by atoms with Gasteiger partial charge in [-0.3, -0.25) is 4.79 Å². The summed E-state index contributed by atoms with van der Waals surface area (Å²) in [6.07, 6.45) is 1.87. The summed E-state index contributed by atoms with van der Waals surface area (Å²) < 4.78 is 4.82. The standard InChI is InChI=1S/C15H23N3O3S/c1-15(2,3)11-10(13(20)21-4)22-14(17-11)18-12(19)9-6-5-7-16-8-9/h9,16H,5-8H2,1-4H3,(H,17,18,19). The van der Waals surface area contributed by atoms with Gasteiger partial charge >= 0.3 is 5.97 Å². The summed E-state index contributed by atoms with van der Waals surface area (Å²) >= 11 is 1.17. The molecule has 0 bridgehead atoms. The second-order valence-electron chi connectivity index (χ2n) is 6.47. The van der Waals surface area contributed by atoms with E-state index in [1.807, 2.05) is 20.8 Å². The molecule has 1 aromatic heterocycles. The fourth-order valence-electron chi connectivity index (χ4n) is 2.40. The Bertz CT molecular complexity index is 557. The minimum absolute atomic E-state index is 0.0437. The lowest BCUT2D eigenvalue weighted by Gasteiger charge is -2.21. The number of amides is 1. The number of methoxy groups -OCH3 is 1. The minimum atomic E-state index is -0.415. The molecule has 1 aliphatic heterocycles. The molecule has 1 amide bonds. The minimum Gasteiger partial charge on any atom is -0.465 e. The van der Waals surface area contributed by atoms with Crippen LogP contribution in [0.15, 0.2) is 0 Å². The Balaban J connectivity index is 2.19. The lowest BCUT2D eigenvalue weighted by molar-refractivity contribution is -0.120. The van der Waals surface area contributed by atoms with Crippen molar-refractivity contribution in [3.8, 4) is 0 Å². The summed E-state index contributed by atoms with van der Waals surface area (Å²) in [5.41, 5.74) is 0.358. The number of nitrogens with one attached hydrogen (secondary N) is 2. The number of carbonyl (C=O) groups is 2.